The Morgan fingerprint density at radius 3 is 2.24 bits per heavy atom. The number of rotatable bonds is 4. The van der Waals surface area contributed by atoms with Crippen molar-refractivity contribution < 1.29 is 34.0 Å². The zero-order valence-corrected chi connectivity index (χ0v) is 13.6. The molecule has 0 bridgehead atoms. The third kappa shape index (κ3) is 2.84. The van der Waals surface area contributed by atoms with Gasteiger partial charge >= 0.3 is 11.9 Å². The van der Waals surface area contributed by atoms with Crippen LogP contribution in [0, 0.1) is 0 Å². The molecule has 0 aromatic heterocycles. The average Bonchev–Trinajstić information content (AvgIpc) is 2.60. The number of carbonyl (C=O) groups is 2. The third-order valence-corrected chi connectivity index (χ3v) is 4.14. The predicted molar refractivity (Wildman–Crippen MR) is 86.2 cm³/mol. The van der Waals surface area contributed by atoms with Gasteiger partial charge < -0.3 is 24.4 Å². The van der Waals surface area contributed by atoms with Crippen molar-refractivity contribution in [2.45, 2.75) is 12.0 Å². The van der Waals surface area contributed by atoms with Crippen LogP contribution >= 0.6 is 0 Å². The van der Waals surface area contributed by atoms with Crippen molar-refractivity contribution in [1.29, 1.82) is 0 Å². The number of phenols is 1. The van der Waals surface area contributed by atoms with Crippen LogP contribution in [0.25, 0.3) is 0 Å². The quantitative estimate of drug-likeness (QED) is 0.822. The van der Waals surface area contributed by atoms with Crippen molar-refractivity contribution in [2.24, 2.45) is 0 Å². The first-order valence-electron chi connectivity index (χ1n) is 7.45. The third-order valence-electron chi connectivity index (χ3n) is 4.14. The topological polar surface area (TPSA) is 102 Å². The van der Waals surface area contributed by atoms with Gasteiger partial charge in [0.25, 0.3) is 0 Å². The molecule has 25 heavy (non-hydrogen) atoms. The molecule has 0 saturated heterocycles. The Hall–Kier alpha value is -3.22. The van der Waals surface area contributed by atoms with E-state index < -0.39 is 24.0 Å². The van der Waals surface area contributed by atoms with Gasteiger partial charge in [-0.05, 0) is 35.4 Å². The van der Waals surface area contributed by atoms with Gasteiger partial charge in [0.05, 0.1) is 19.8 Å². The zero-order valence-electron chi connectivity index (χ0n) is 13.6. The summed E-state index contributed by atoms with van der Waals surface area (Å²) >= 11 is 0. The number of cyclic esters (lactones) is 1. The number of fused-ring (bicyclic) bond motifs is 1. The van der Waals surface area contributed by atoms with Crippen LogP contribution in [0.4, 0.5) is 0 Å². The van der Waals surface area contributed by atoms with Gasteiger partial charge in [-0.3, -0.25) is 4.79 Å². The Kier molecular flexibility index (Phi) is 4.22. The summed E-state index contributed by atoms with van der Waals surface area (Å²) in [5.74, 6) is -2.23. The second-order valence-electron chi connectivity index (χ2n) is 5.53. The van der Waals surface area contributed by atoms with Crippen LogP contribution < -0.4 is 9.47 Å². The molecular weight excluding hydrogens is 328 g/mol. The normalized spacial score (nSPS) is 18.9. The van der Waals surface area contributed by atoms with Gasteiger partial charge in [0.15, 0.2) is 11.5 Å². The molecule has 0 radical (unpaired) electrons. The smallest absolute Gasteiger partial charge is 0.339 e. The highest BCUT2D eigenvalue weighted by atomic mass is 16.5. The SMILES string of the molecule is COc1cc2c(cc1OC)C(C(=O)O)C(c1ccc(O)cc1)OC2=O. The average molecular weight is 344 g/mol. The van der Waals surface area contributed by atoms with Crippen LogP contribution in [0.3, 0.4) is 0 Å². The second-order valence-corrected chi connectivity index (χ2v) is 5.53. The minimum absolute atomic E-state index is 0.0320. The monoisotopic (exact) mass is 344 g/mol. The van der Waals surface area contributed by atoms with Gasteiger partial charge in [0, 0.05) is 0 Å². The lowest BCUT2D eigenvalue weighted by atomic mass is 9.83. The van der Waals surface area contributed by atoms with Crippen LogP contribution in [-0.4, -0.2) is 36.4 Å². The molecule has 0 amide bonds. The van der Waals surface area contributed by atoms with E-state index in [2.05, 4.69) is 0 Å². The number of carboxylic acid groups (broad SMARTS) is 1. The summed E-state index contributed by atoms with van der Waals surface area (Å²) in [5.41, 5.74) is 0.888. The van der Waals surface area contributed by atoms with Gasteiger partial charge in [-0.15, -0.1) is 0 Å². The molecule has 1 heterocycles. The van der Waals surface area contributed by atoms with E-state index in [1.807, 2.05) is 0 Å². The lowest BCUT2D eigenvalue weighted by Crippen LogP contribution is -2.31. The number of esters is 1. The summed E-state index contributed by atoms with van der Waals surface area (Å²) in [4.78, 5) is 24.3. The van der Waals surface area contributed by atoms with Crippen LogP contribution in [-0.2, 0) is 9.53 Å². The first-order chi connectivity index (χ1) is 12.0. The van der Waals surface area contributed by atoms with Crippen molar-refractivity contribution in [3.05, 3.63) is 53.1 Å². The van der Waals surface area contributed by atoms with Crippen molar-refractivity contribution in [1.82, 2.24) is 0 Å². The highest BCUT2D eigenvalue weighted by Gasteiger charge is 2.42. The van der Waals surface area contributed by atoms with Crippen molar-refractivity contribution in [3.63, 3.8) is 0 Å². The number of benzene rings is 2. The fraction of sp³-hybridized carbons (Fsp3) is 0.222. The summed E-state index contributed by atoms with van der Waals surface area (Å²) in [6.07, 6.45) is -1.02. The lowest BCUT2D eigenvalue weighted by Gasteiger charge is -2.31. The fourth-order valence-corrected chi connectivity index (χ4v) is 2.93. The molecule has 2 atom stereocenters. The van der Waals surface area contributed by atoms with Crippen molar-refractivity contribution in [2.75, 3.05) is 14.2 Å². The van der Waals surface area contributed by atoms with E-state index >= 15 is 0 Å². The molecule has 7 nitrogen and oxygen atoms in total. The number of aliphatic carboxylic acids is 1. The zero-order chi connectivity index (χ0) is 18.1. The molecule has 2 unspecified atom stereocenters. The van der Waals surface area contributed by atoms with Crippen LogP contribution in [0.2, 0.25) is 0 Å². The summed E-state index contributed by atoms with van der Waals surface area (Å²) in [6.45, 7) is 0. The number of carboxylic acids is 1. The minimum atomic E-state index is -1.14. The van der Waals surface area contributed by atoms with Crippen molar-refractivity contribution >= 4 is 11.9 Å². The maximum atomic E-state index is 12.4. The van der Waals surface area contributed by atoms with Crippen LogP contribution in [0.15, 0.2) is 36.4 Å². The van der Waals surface area contributed by atoms with E-state index in [1.165, 1.54) is 50.6 Å². The summed E-state index contributed by atoms with van der Waals surface area (Å²) in [7, 11) is 2.85. The Labute approximate surface area is 143 Å². The van der Waals surface area contributed by atoms with Gasteiger partial charge in [-0.1, -0.05) is 12.1 Å². The van der Waals surface area contributed by atoms with Crippen LogP contribution in [0.1, 0.15) is 33.5 Å². The number of carbonyl (C=O) groups excluding carboxylic acids is 1. The highest BCUT2D eigenvalue weighted by molar-refractivity contribution is 5.97. The standard InChI is InChI=1S/C18H16O7/c1-23-13-7-11-12(8-14(13)24-2)18(22)25-16(15(11)17(20)21)9-3-5-10(19)6-4-9/h3-8,15-16,19H,1-2H3,(H,20,21). The molecule has 1 aliphatic heterocycles. The maximum Gasteiger partial charge on any atom is 0.339 e. The fourth-order valence-electron chi connectivity index (χ4n) is 2.93. The largest absolute Gasteiger partial charge is 0.508 e. The first kappa shape index (κ1) is 16.6. The second kappa shape index (κ2) is 6.35. The molecule has 0 fully saturated rings. The summed E-state index contributed by atoms with van der Waals surface area (Å²) < 4.78 is 15.8. The number of methoxy groups -OCH3 is 2. The summed E-state index contributed by atoms with van der Waals surface area (Å²) in [5, 5.41) is 19.1. The van der Waals surface area contributed by atoms with Gasteiger partial charge in [-0.25, -0.2) is 4.79 Å². The number of phenolic OH excluding ortho intramolecular Hbond substituents is 1. The molecule has 7 heteroatoms. The molecule has 3 rings (SSSR count). The molecule has 2 N–H and O–H groups in total. The molecule has 0 spiro atoms. The maximum absolute atomic E-state index is 12.4. The summed E-state index contributed by atoms with van der Waals surface area (Å²) in [6, 6.07) is 8.77. The highest BCUT2D eigenvalue weighted by Crippen LogP contribution is 2.44. The molecule has 130 valence electrons. The Morgan fingerprint density at radius 1 is 1.08 bits per heavy atom. The lowest BCUT2D eigenvalue weighted by molar-refractivity contribution is -0.142. The molecule has 2 aromatic rings. The van der Waals surface area contributed by atoms with E-state index in [1.54, 1.807) is 0 Å². The molecule has 1 aliphatic rings. The van der Waals surface area contributed by atoms with Crippen molar-refractivity contribution in [3.8, 4) is 17.2 Å². The van der Waals surface area contributed by atoms with E-state index in [-0.39, 0.29) is 11.3 Å². The first-order valence-corrected chi connectivity index (χ1v) is 7.45. The Morgan fingerprint density at radius 2 is 1.68 bits per heavy atom. The number of ether oxygens (including phenoxy) is 3. The van der Waals surface area contributed by atoms with Gasteiger partial charge in [-0.2, -0.15) is 0 Å². The Bertz CT molecular complexity index is 826. The van der Waals surface area contributed by atoms with E-state index in [0.717, 1.165) is 0 Å². The van der Waals surface area contributed by atoms with E-state index in [9.17, 15) is 19.8 Å². The minimum Gasteiger partial charge on any atom is -0.508 e. The number of aromatic hydroxyl groups is 1. The molecule has 0 aliphatic carbocycles. The Balaban J connectivity index is 2.16. The molecule has 0 saturated carbocycles. The van der Waals surface area contributed by atoms with E-state index in [4.69, 9.17) is 14.2 Å². The van der Waals surface area contributed by atoms with Gasteiger partial charge in [0.1, 0.15) is 17.8 Å². The van der Waals surface area contributed by atoms with Crippen LogP contribution in [0.5, 0.6) is 17.2 Å². The predicted octanol–water partition coefficient (Wildman–Crippen LogP) is 2.49. The number of hydrogen-bond acceptors (Lipinski definition) is 6. The van der Waals surface area contributed by atoms with Gasteiger partial charge in [0.2, 0.25) is 0 Å². The molecule has 2 aromatic carbocycles. The molecular formula is C18H16O7. The van der Waals surface area contributed by atoms with E-state index in [0.29, 0.717) is 22.6 Å². The number of hydrogen-bond donors (Lipinski definition) is 2.